The highest BCUT2D eigenvalue weighted by Crippen LogP contribution is 2.29. The Kier molecular flexibility index (Phi) is 5.42. The smallest absolute Gasteiger partial charge is 0.245 e. The largest absolute Gasteiger partial charge is 0.342 e. The first-order chi connectivity index (χ1) is 14.7. The second-order valence-electron chi connectivity index (χ2n) is 9.08. The van der Waals surface area contributed by atoms with Crippen LogP contribution in [0, 0.1) is 5.92 Å². The van der Waals surface area contributed by atoms with Crippen LogP contribution in [0.1, 0.15) is 44.1 Å². The number of piperazine rings is 2. The van der Waals surface area contributed by atoms with E-state index in [4.69, 9.17) is 0 Å². The Bertz CT molecular complexity index is 934. The lowest BCUT2D eigenvalue weighted by molar-refractivity contribution is -0.153. The van der Waals surface area contributed by atoms with E-state index in [9.17, 15) is 9.59 Å². The van der Waals surface area contributed by atoms with Gasteiger partial charge < -0.3 is 10.2 Å². The fraction of sp³-hybridized carbons (Fsp3) is 0.542. The Balaban J connectivity index is 1.26. The van der Waals surface area contributed by atoms with Crippen LogP contribution in [-0.4, -0.2) is 58.3 Å². The van der Waals surface area contributed by atoms with Gasteiger partial charge in [0.05, 0.1) is 5.52 Å². The van der Waals surface area contributed by atoms with Crippen molar-refractivity contribution in [2.45, 2.75) is 57.2 Å². The fourth-order valence-corrected chi connectivity index (χ4v) is 5.45. The van der Waals surface area contributed by atoms with Crippen LogP contribution in [0.3, 0.4) is 0 Å². The second kappa shape index (κ2) is 8.34. The molecule has 2 saturated heterocycles. The molecular formula is C24H30N4O2. The minimum atomic E-state index is -0.378. The monoisotopic (exact) mass is 406 g/mol. The summed E-state index contributed by atoms with van der Waals surface area (Å²) in [5, 5.41) is 4.19. The molecule has 158 valence electrons. The number of hydrogen-bond acceptors (Lipinski definition) is 4. The highest BCUT2D eigenvalue weighted by molar-refractivity contribution is 5.97. The number of rotatable bonds is 4. The number of pyridine rings is 1. The molecule has 1 aromatic carbocycles. The van der Waals surface area contributed by atoms with Gasteiger partial charge in [-0.25, -0.2) is 0 Å². The molecule has 3 aliphatic rings. The van der Waals surface area contributed by atoms with Crippen molar-refractivity contribution in [2.24, 2.45) is 5.92 Å². The molecule has 3 fully saturated rings. The van der Waals surface area contributed by atoms with Crippen molar-refractivity contribution in [1.82, 2.24) is 20.1 Å². The average Bonchev–Trinajstić information content (AvgIpc) is 2.78. The fourth-order valence-electron chi connectivity index (χ4n) is 5.45. The SMILES string of the molecule is O=C1N[C@@H](CC2CCCCC2)C(=O)N2CCN(Cc3cccc4cccnc34)C[C@H]12. The lowest BCUT2D eigenvalue weighted by atomic mass is 9.84. The van der Waals surface area contributed by atoms with E-state index < -0.39 is 0 Å². The van der Waals surface area contributed by atoms with Crippen LogP contribution in [0.4, 0.5) is 0 Å². The number of carbonyl (C=O) groups is 2. The normalized spacial score (nSPS) is 25.9. The zero-order chi connectivity index (χ0) is 20.5. The molecule has 1 aromatic heterocycles. The number of amides is 2. The third kappa shape index (κ3) is 3.81. The molecule has 0 radical (unpaired) electrons. The molecule has 2 aromatic rings. The van der Waals surface area contributed by atoms with Gasteiger partial charge in [0, 0.05) is 37.8 Å². The van der Waals surface area contributed by atoms with Crippen LogP contribution in [0.2, 0.25) is 0 Å². The van der Waals surface area contributed by atoms with Gasteiger partial charge in [0.15, 0.2) is 0 Å². The lowest BCUT2D eigenvalue weighted by Gasteiger charge is -2.46. The summed E-state index contributed by atoms with van der Waals surface area (Å²) in [6, 6.07) is 9.55. The number of fused-ring (bicyclic) bond motifs is 2. The maximum atomic E-state index is 13.1. The molecule has 2 aliphatic heterocycles. The van der Waals surface area contributed by atoms with Crippen molar-refractivity contribution in [3.8, 4) is 0 Å². The predicted molar refractivity (Wildman–Crippen MR) is 116 cm³/mol. The van der Waals surface area contributed by atoms with E-state index in [-0.39, 0.29) is 23.9 Å². The first-order valence-corrected chi connectivity index (χ1v) is 11.3. The summed E-state index contributed by atoms with van der Waals surface area (Å²) in [5.74, 6) is 0.706. The van der Waals surface area contributed by atoms with E-state index >= 15 is 0 Å². The Morgan fingerprint density at radius 3 is 2.73 bits per heavy atom. The van der Waals surface area contributed by atoms with Gasteiger partial charge in [-0.15, -0.1) is 0 Å². The van der Waals surface area contributed by atoms with Crippen LogP contribution in [0.25, 0.3) is 10.9 Å². The van der Waals surface area contributed by atoms with Crippen molar-refractivity contribution in [3.63, 3.8) is 0 Å². The van der Waals surface area contributed by atoms with E-state index in [0.717, 1.165) is 30.4 Å². The molecule has 0 unspecified atom stereocenters. The molecule has 6 heteroatoms. The van der Waals surface area contributed by atoms with Gasteiger partial charge in [0.25, 0.3) is 0 Å². The van der Waals surface area contributed by atoms with Crippen LogP contribution >= 0.6 is 0 Å². The van der Waals surface area contributed by atoms with E-state index in [0.29, 0.717) is 19.0 Å². The standard InChI is InChI=1S/C24H30N4O2/c29-23-21-16-27(15-19-9-4-8-18-10-5-11-25-22(18)19)12-13-28(21)24(30)20(26-23)14-17-6-2-1-3-7-17/h4-5,8-11,17,20-21H,1-3,6-7,12-16H2,(H,26,29)/t20-,21+/m0/s1. The third-order valence-corrected chi connectivity index (χ3v) is 7.07. The van der Waals surface area contributed by atoms with E-state index in [1.54, 1.807) is 0 Å². The maximum absolute atomic E-state index is 13.1. The Morgan fingerprint density at radius 2 is 1.87 bits per heavy atom. The van der Waals surface area contributed by atoms with E-state index in [1.165, 1.54) is 37.7 Å². The Hall–Kier alpha value is -2.47. The number of nitrogens with zero attached hydrogens (tertiary/aromatic N) is 3. The number of carbonyl (C=O) groups excluding carboxylic acids is 2. The number of benzene rings is 1. The Morgan fingerprint density at radius 1 is 1.03 bits per heavy atom. The molecule has 0 spiro atoms. The van der Waals surface area contributed by atoms with Crippen molar-refractivity contribution in [2.75, 3.05) is 19.6 Å². The summed E-state index contributed by atoms with van der Waals surface area (Å²) in [6.07, 6.45) is 8.82. The average molecular weight is 407 g/mol. The minimum Gasteiger partial charge on any atom is -0.342 e. The lowest BCUT2D eigenvalue weighted by Crippen LogP contribution is -2.69. The van der Waals surface area contributed by atoms with E-state index in [2.05, 4.69) is 39.5 Å². The van der Waals surface area contributed by atoms with Crippen molar-refractivity contribution in [1.29, 1.82) is 0 Å². The highest BCUT2D eigenvalue weighted by Gasteiger charge is 2.43. The summed E-state index contributed by atoms with van der Waals surface area (Å²) < 4.78 is 0. The molecule has 1 aliphatic carbocycles. The zero-order valence-corrected chi connectivity index (χ0v) is 17.4. The van der Waals surface area contributed by atoms with Crippen LogP contribution in [0.15, 0.2) is 36.5 Å². The van der Waals surface area contributed by atoms with Crippen molar-refractivity contribution in [3.05, 3.63) is 42.1 Å². The molecule has 2 atom stereocenters. The van der Waals surface area contributed by atoms with Gasteiger partial charge in [0.2, 0.25) is 11.8 Å². The molecular weight excluding hydrogens is 376 g/mol. The predicted octanol–water partition coefficient (Wildman–Crippen LogP) is 2.72. The Labute approximate surface area is 177 Å². The molecule has 3 heterocycles. The zero-order valence-electron chi connectivity index (χ0n) is 17.4. The molecule has 0 bridgehead atoms. The summed E-state index contributed by atoms with van der Waals surface area (Å²) in [6.45, 7) is 2.73. The summed E-state index contributed by atoms with van der Waals surface area (Å²) in [5.41, 5.74) is 2.18. The maximum Gasteiger partial charge on any atom is 0.245 e. The van der Waals surface area contributed by atoms with Crippen molar-refractivity contribution >= 4 is 22.7 Å². The molecule has 1 saturated carbocycles. The van der Waals surface area contributed by atoms with E-state index in [1.807, 2.05) is 17.2 Å². The topological polar surface area (TPSA) is 65.5 Å². The molecule has 30 heavy (non-hydrogen) atoms. The summed E-state index contributed by atoms with van der Waals surface area (Å²) in [7, 11) is 0. The van der Waals surface area contributed by atoms with Crippen LogP contribution < -0.4 is 5.32 Å². The molecule has 2 amide bonds. The number of nitrogens with one attached hydrogen (secondary N) is 1. The van der Waals surface area contributed by atoms with Gasteiger partial charge in [-0.3, -0.25) is 19.5 Å². The van der Waals surface area contributed by atoms with Crippen molar-refractivity contribution < 1.29 is 9.59 Å². The molecule has 6 nitrogen and oxygen atoms in total. The van der Waals surface area contributed by atoms with Gasteiger partial charge >= 0.3 is 0 Å². The second-order valence-corrected chi connectivity index (χ2v) is 9.08. The van der Waals surface area contributed by atoms with Crippen LogP contribution in [-0.2, 0) is 16.1 Å². The van der Waals surface area contributed by atoms with Gasteiger partial charge in [0.1, 0.15) is 12.1 Å². The highest BCUT2D eigenvalue weighted by atomic mass is 16.2. The minimum absolute atomic E-state index is 0.0103. The van der Waals surface area contributed by atoms with Gasteiger partial charge in [-0.1, -0.05) is 56.4 Å². The molecule has 1 N–H and O–H groups in total. The van der Waals surface area contributed by atoms with Crippen LogP contribution in [0.5, 0.6) is 0 Å². The number of para-hydroxylation sites is 1. The number of aromatic nitrogens is 1. The number of hydrogen-bond donors (Lipinski definition) is 1. The van der Waals surface area contributed by atoms with Gasteiger partial charge in [-0.2, -0.15) is 0 Å². The first kappa shape index (κ1) is 19.5. The summed E-state index contributed by atoms with van der Waals surface area (Å²) in [4.78, 5) is 34.7. The third-order valence-electron chi connectivity index (χ3n) is 7.07. The quantitative estimate of drug-likeness (QED) is 0.848. The molecule has 5 rings (SSSR count). The summed E-state index contributed by atoms with van der Waals surface area (Å²) >= 11 is 0. The van der Waals surface area contributed by atoms with Gasteiger partial charge in [-0.05, 0) is 24.0 Å². The first-order valence-electron chi connectivity index (χ1n) is 11.3.